The predicted molar refractivity (Wildman–Crippen MR) is 73.0 cm³/mol. The minimum absolute atomic E-state index is 0.0109. The molecule has 1 aromatic heterocycles. The highest BCUT2D eigenvalue weighted by Gasteiger charge is 2.29. The van der Waals surface area contributed by atoms with Gasteiger partial charge in [0, 0.05) is 11.4 Å². The van der Waals surface area contributed by atoms with Crippen LogP contribution in [0.4, 0.5) is 0 Å². The summed E-state index contributed by atoms with van der Waals surface area (Å²) in [5.41, 5.74) is 2.50. The van der Waals surface area contributed by atoms with Gasteiger partial charge < -0.3 is 10.4 Å². The molecule has 0 aliphatic carbocycles. The lowest BCUT2D eigenvalue weighted by atomic mass is 10.00. The van der Waals surface area contributed by atoms with Gasteiger partial charge in [-0.05, 0) is 39.2 Å². The number of halogens is 1. The van der Waals surface area contributed by atoms with Gasteiger partial charge in [0.1, 0.15) is 6.10 Å². The lowest BCUT2D eigenvalue weighted by Crippen LogP contribution is -2.19. The monoisotopic (exact) mass is 309 g/mol. The van der Waals surface area contributed by atoms with Crippen LogP contribution in [-0.4, -0.2) is 5.11 Å². The number of nitrogens with one attached hydrogen (secondary N) is 1. The Labute approximate surface area is 112 Å². The molecule has 2 N–H and O–H groups in total. The van der Waals surface area contributed by atoms with Gasteiger partial charge >= 0.3 is 0 Å². The molecule has 2 heterocycles. The molecule has 2 unspecified atom stereocenters. The first kappa shape index (κ1) is 11.4. The number of rotatable bonds is 2. The maximum absolute atomic E-state index is 10.4. The van der Waals surface area contributed by atoms with Crippen LogP contribution in [0.15, 0.2) is 40.2 Å². The third-order valence-corrected chi connectivity index (χ3v) is 4.80. The predicted octanol–water partition coefficient (Wildman–Crippen LogP) is 3.39. The van der Waals surface area contributed by atoms with Crippen molar-refractivity contribution in [2.24, 2.45) is 0 Å². The van der Waals surface area contributed by atoms with Crippen molar-refractivity contribution in [3.05, 3.63) is 56.2 Å². The second-order valence-corrected chi connectivity index (χ2v) is 6.64. The second kappa shape index (κ2) is 4.53. The second-order valence-electron chi connectivity index (χ2n) is 4.14. The summed E-state index contributed by atoms with van der Waals surface area (Å²) < 4.78 is 1.05. The zero-order valence-corrected chi connectivity index (χ0v) is 11.5. The van der Waals surface area contributed by atoms with E-state index in [4.69, 9.17) is 0 Å². The molecular weight excluding hydrogens is 298 g/mol. The van der Waals surface area contributed by atoms with Crippen molar-refractivity contribution < 1.29 is 5.11 Å². The van der Waals surface area contributed by atoms with Crippen LogP contribution in [0.1, 0.15) is 28.1 Å². The van der Waals surface area contributed by atoms with Gasteiger partial charge in [0.25, 0.3) is 0 Å². The average Bonchev–Trinajstić information content (AvgIpc) is 2.94. The lowest BCUT2D eigenvalue weighted by Gasteiger charge is -2.18. The Kier molecular flexibility index (Phi) is 3.04. The van der Waals surface area contributed by atoms with Crippen molar-refractivity contribution in [1.29, 1.82) is 0 Å². The summed E-state index contributed by atoms with van der Waals surface area (Å²) in [6, 6.07) is 12.2. The third kappa shape index (κ3) is 2.06. The summed E-state index contributed by atoms with van der Waals surface area (Å²) in [6.45, 7) is 0.838. The highest BCUT2D eigenvalue weighted by molar-refractivity contribution is 9.11. The van der Waals surface area contributed by atoms with Crippen LogP contribution in [0.25, 0.3) is 0 Å². The molecule has 17 heavy (non-hydrogen) atoms. The van der Waals surface area contributed by atoms with Gasteiger partial charge in [0.2, 0.25) is 0 Å². The zero-order valence-electron chi connectivity index (χ0n) is 9.06. The van der Waals surface area contributed by atoms with E-state index in [-0.39, 0.29) is 6.04 Å². The number of hydrogen-bond acceptors (Lipinski definition) is 3. The largest absolute Gasteiger partial charge is 0.386 e. The maximum Gasteiger partial charge on any atom is 0.108 e. The van der Waals surface area contributed by atoms with E-state index in [0.717, 1.165) is 15.2 Å². The standard InChI is InChI=1S/C13H12BrNOS/c14-11-6-5-10(17-11)13(16)12-9-4-2-1-3-8(9)7-15-12/h1-6,12-13,15-16H,7H2. The molecule has 4 heteroatoms. The van der Waals surface area contributed by atoms with E-state index in [1.807, 2.05) is 24.3 Å². The van der Waals surface area contributed by atoms with E-state index in [1.165, 1.54) is 11.1 Å². The van der Waals surface area contributed by atoms with E-state index in [2.05, 4.69) is 33.4 Å². The molecule has 2 nitrogen and oxygen atoms in total. The Morgan fingerprint density at radius 3 is 2.88 bits per heavy atom. The van der Waals surface area contributed by atoms with Crippen LogP contribution in [0.5, 0.6) is 0 Å². The summed E-state index contributed by atoms with van der Waals surface area (Å²) >= 11 is 5.01. The van der Waals surface area contributed by atoms with E-state index < -0.39 is 6.10 Å². The maximum atomic E-state index is 10.4. The van der Waals surface area contributed by atoms with Gasteiger partial charge in [-0.25, -0.2) is 0 Å². The molecule has 88 valence electrons. The summed E-state index contributed by atoms with van der Waals surface area (Å²) in [6.07, 6.45) is -0.477. The molecule has 0 radical (unpaired) electrons. The molecule has 0 amide bonds. The first-order valence-electron chi connectivity index (χ1n) is 5.50. The lowest BCUT2D eigenvalue weighted by molar-refractivity contribution is 0.137. The van der Waals surface area contributed by atoms with E-state index in [1.54, 1.807) is 11.3 Å². The van der Waals surface area contributed by atoms with Crippen molar-refractivity contribution in [1.82, 2.24) is 5.32 Å². The molecule has 1 aliphatic heterocycles. The van der Waals surface area contributed by atoms with Crippen molar-refractivity contribution in [2.45, 2.75) is 18.7 Å². The molecule has 3 rings (SSSR count). The highest BCUT2D eigenvalue weighted by atomic mass is 79.9. The molecule has 1 aromatic carbocycles. The zero-order chi connectivity index (χ0) is 11.8. The fourth-order valence-corrected chi connectivity index (χ4v) is 3.71. The van der Waals surface area contributed by atoms with Crippen molar-refractivity contribution in [3.63, 3.8) is 0 Å². The molecule has 0 saturated carbocycles. The van der Waals surface area contributed by atoms with Gasteiger partial charge in [-0.2, -0.15) is 0 Å². The minimum Gasteiger partial charge on any atom is -0.386 e. The molecule has 0 bridgehead atoms. The summed E-state index contributed by atoms with van der Waals surface area (Å²) in [5, 5.41) is 13.8. The Bertz CT molecular complexity index is 540. The van der Waals surface area contributed by atoms with Crippen molar-refractivity contribution in [2.75, 3.05) is 0 Å². The number of aliphatic hydroxyl groups excluding tert-OH is 1. The molecule has 2 atom stereocenters. The number of thiophene rings is 1. The highest BCUT2D eigenvalue weighted by Crippen LogP contribution is 2.38. The average molecular weight is 310 g/mol. The van der Waals surface area contributed by atoms with Gasteiger partial charge in [0.15, 0.2) is 0 Å². The quantitative estimate of drug-likeness (QED) is 0.891. The first-order chi connectivity index (χ1) is 8.25. The number of aliphatic hydroxyl groups is 1. The molecule has 0 spiro atoms. The SMILES string of the molecule is OC(c1ccc(Br)s1)C1NCc2ccccc21. The van der Waals surface area contributed by atoms with Crippen LogP contribution in [0, 0.1) is 0 Å². The molecular formula is C13H12BrNOS. The summed E-state index contributed by atoms with van der Waals surface area (Å²) in [5.74, 6) is 0. The van der Waals surface area contributed by atoms with Crippen molar-refractivity contribution in [3.8, 4) is 0 Å². The normalized spacial score (nSPS) is 20.2. The Morgan fingerprint density at radius 2 is 2.12 bits per heavy atom. The first-order valence-corrected chi connectivity index (χ1v) is 7.11. The molecule has 1 aliphatic rings. The van der Waals surface area contributed by atoms with E-state index in [0.29, 0.717) is 0 Å². The van der Waals surface area contributed by atoms with Crippen LogP contribution < -0.4 is 5.32 Å². The Morgan fingerprint density at radius 1 is 1.29 bits per heavy atom. The molecule has 0 fully saturated rings. The van der Waals surface area contributed by atoms with Crippen LogP contribution in [-0.2, 0) is 6.54 Å². The van der Waals surface area contributed by atoms with Crippen LogP contribution in [0.2, 0.25) is 0 Å². The van der Waals surface area contributed by atoms with E-state index >= 15 is 0 Å². The Balaban J connectivity index is 1.92. The van der Waals surface area contributed by atoms with Gasteiger partial charge in [-0.1, -0.05) is 24.3 Å². The Hall–Kier alpha value is -0.680. The fourth-order valence-electron chi connectivity index (χ4n) is 2.26. The molecule has 2 aromatic rings. The number of fused-ring (bicyclic) bond motifs is 1. The van der Waals surface area contributed by atoms with Crippen LogP contribution in [0.3, 0.4) is 0 Å². The van der Waals surface area contributed by atoms with E-state index in [9.17, 15) is 5.11 Å². The topological polar surface area (TPSA) is 32.3 Å². The number of hydrogen-bond donors (Lipinski definition) is 2. The summed E-state index contributed by atoms with van der Waals surface area (Å²) in [7, 11) is 0. The van der Waals surface area contributed by atoms with Gasteiger partial charge in [-0.15, -0.1) is 11.3 Å². The summed E-state index contributed by atoms with van der Waals surface area (Å²) in [4.78, 5) is 0.992. The van der Waals surface area contributed by atoms with Crippen molar-refractivity contribution >= 4 is 27.3 Å². The number of benzene rings is 1. The van der Waals surface area contributed by atoms with Gasteiger partial charge in [0.05, 0.1) is 9.83 Å². The van der Waals surface area contributed by atoms with Gasteiger partial charge in [-0.3, -0.25) is 0 Å². The fraction of sp³-hybridized carbons (Fsp3) is 0.231. The minimum atomic E-state index is -0.477. The third-order valence-electron chi connectivity index (χ3n) is 3.10. The smallest absolute Gasteiger partial charge is 0.108 e. The van der Waals surface area contributed by atoms with Crippen LogP contribution >= 0.6 is 27.3 Å². The molecule has 0 saturated heterocycles.